The quantitative estimate of drug-likeness (QED) is 0.395. The fraction of sp³-hybridized carbons (Fsp3) is 0.889. The van der Waals surface area contributed by atoms with Crippen molar-refractivity contribution in [2.75, 3.05) is 59.4 Å². The molecule has 0 aliphatic carbocycles. The summed E-state index contributed by atoms with van der Waals surface area (Å²) in [6.45, 7) is 11.7. The van der Waals surface area contributed by atoms with Crippen LogP contribution < -0.4 is 5.32 Å². The molecule has 25 heavy (non-hydrogen) atoms. The Balaban J connectivity index is 3.17. The Kier molecular flexibility index (Phi) is 15.8. The molecule has 1 amide bonds. The van der Waals surface area contributed by atoms with Gasteiger partial charge in [-0.2, -0.15) is 0 Å². The van der Waals surface area contributed by atoms with Crippen LogP contribution in [-0.4, -0.2) is 71.1 Å². The van der Waals surface area contributed by atoms with Crippen LogP contribution in [0.25, 0.3) is 0 Å². The van der Waals surface area contributed by atoms with E-state index in [1.165, 1.54) is 0 Å². The Hall–Kier alpha value is -1.02. The van der Waals surface area contributed by atoms with Gasteiger partial charge >= 0.3 is 0 Å². The molecule has 0 aromatic carbocycles. The second-order valence-corrected chi connectivity index (χ2v) is 6.46. The number of rotatable bonds is 17. The second kappa shape index (κ2) is 16.4. The minimum Gasteiger partial charge on any atom is -0.377 e. The molecule has 0 fully saturated rings. The lowest BCUT2D eigenvalue weighted by Gasteiger charge is -2.09. The van der Waals surface area contributed by atoms with Gasteiger partial charge in [-0.15, -0.1) is 0 Å². The number of Topliss-reactive ketones (excluding diaryl/α,β-unsaturated/α-hetero) is 1. The minimum absolute atomic E-state index is 0.00726. The van der Waals surface area contributed by atoms with Crippen molar-refractivity contribution in [1.82, 2.24) is 5.32 Å². The van der Waals surface area contributed by atoms with Crippen LogP contribution in [0.3, 0.4) is 0 Å². The van der Waals surface area contributed by atoms with Gasteiger partial charge in [0.05, 0.1) is 46.2 Å². The van der Waals surface area contributed by atoms with E-state index >= 15 is 0 Å². The number of hydrogen-bond donors (Lipinski definition) is 1. The van der Waals surface area contributed by atoms with E-state index in [0.29, 0.717) is 65.1 Å². The van der Waals surface area contributed by atoms with Crippen molar-refractivity contribution in [3.8, 4) is 0 Å². The fourth-order valence-corrected chi connectivity index (χ4v) is 1.70. The van der Waals surface area contributed by atoms with Gasteiger partial charge in [0, 0.05) is 18.9 Å². The standard InChI is InChI=1S/C18H35NO6/c1-15(2)13-18(21)19-5-6-22-7-8-23-9-10-24-11-12-25-14-17(20)16(3)4/h15-16H,5-14H2,1-4H3,(H,19,21). The third-order valence-corrected chi connectivity index (χ3v) is 3.17. The molecule has 0 saturated heterocycles. The van der Waals surface area contributed by atoms with Gasteiger partial charge in [-0.3, -0.25) is 9.59 Å². The summed E-state index contributed by atoms with van der Waals surface area (Å²) < 4.78 is 21.3. The Morgan fingerprint density at radius 1 is 0.760 bits per heavy atom. The maximum Gasteiger partial charge on any atom is 0.220 e. The largest absolute Gasteiger partial charge is 0.377 e. The summed E-state index contributed by atoms with van der Waals surface area (Å²) in [7, 11) is 0. The molecule has 1 N–H and O–H groups in total. The number of ether oxygens (including phenoxy) is 4. The lowest BCUT2D eigenvalue weighted by molar-refractivity contribution is -0.127. The highest BCUT2D eigenvalue weighted by molar-refractivity contribution is 5.81. The summed E-state index contributed by atoms with van der Waals surface area (Å²) >= 11 is 0. The molecule has 0 aromatic rings. The summed E-state index contributed by atoms with van der Waals surface area (Å²) in [5.74, 6) is 0.533. The molecule has 0 bridgehead atoms. The first-order valence-electron chi connectivity index (χ1n) is 9.03. The van der Waals surface area contributed by atoms with Gasteiger partial charge in [0.2, 0.25) is 5.91 Å². The predicted octanol–water partition coefficient (Wildman–Crippen LogP) is 1.44. The van der Waals surface area contributed by atoms with Crippen molar-refractivity contribution in [2.24, 2.45) is 11.8 Å². The van der Waals surface area contributed by atoms with Crippen molar-refractivity contribution in [3.05, 3.63) is 0 Å². The predicted molar refractivity (Wildman–Crippen MR) is 95.6 cm³/mol. The van der Waals surface area contributed by atoms with E-state index in [1.54, 1.807) is 0 Å². The maximum absolute atomic E-state index is 11.4. The molecule has 0 heterocycles. The molecule has 0 saturated carbocycles. The average molecular weight is 361 g/mol. The maximum atomic E-state index is 11.4. The average Bonchev–Trinajstić information content (AvgIpc) is 2.54. The summed E-state index contributed by atoms with van der Waals surface area (Å²) in [5, 5.41) is 2.80. The Morgan fingerprint density at radius 2 is 1.24 bits per heavy atom. The first-order chi connectivity index (χ1) is 11.9. The van der Waals surface area contributed by atoms with E-state index in [9.17, 15) is 9.59 Å². The highest BCUT2D eigenvalue weighted by Crippen LogP contribution is 1.97. The lowest BCUT2D eigenvalue weighted by Crippen LogP contribution is -2.28. The SMILES string of the molecule is CC(C)CC(=O)NCCOCCOCCOCCOCC(=O)C(C)C. The molecule has 0 rings (SSSR count). The zero-order valence-corrected chi connectivity index (χ0v) is 16.2. The monoisotopic (exact) mass is 361 g/mol. The Bertz CT molecular complexity index is 346. The zero-order valence-electron chi connectivity index (χ0n) is 16.2. The third kappa shape index (κ3) is 17.6. The molecular weight excluding hydrogens is 326 g/mol. The molecule has 0 aliphatic rings. The van der Waals surface area contributed by atoms with Gasteiger partial charge in [0.25, 0.3) is 0 Å². The van der Waals surface area contributed by atoms with E-state index in [4.69, 9.17) is 18.9 Å². The van der Waals surface area contributed by atoms with E-state index < -0.39 is 0 Å². The number of nitrogens with one attached hydrogen (secondary N) is 1. The number of ketones is 1. The van der Waals surface area contributed by atoms with Gasteiger partial charge in [0.15, 0.2) is 5.78 Å². The molecule has 7 heteroatoms. The lowest BCUT2D eigenvalue weighted by atomic mass is 10.1. The van der Waals surface area contributed by atoms with Crippen molar-refractivity contribution in [1.29, 1.82) is 0 Å². The van der Waals surface area contributed by atoms with Crippen LogP contribution in [0.4, 0.5) is 0 Å². The van der Waals surface area contributed by atoms with Gasteiger partial charge in [-0.25, -0.2) is 0 Å². The van der Waals surface area contributed by atoms with Crippen molar-refractivity contribution in [3.63, 3.8) is 0 Å². The van der Waals surface area contributed by atoms with Crippen molar-refractivity contribution in [2.45, 2.75) is 34.1 Å². The van der Waals surface area contributed by atoms with Crippen LogP contribution in [0.5, 0.6) is 0 Å². The molecule has 0 spiro atoms. The smallest absolute Gasteiger partial charge is 0.220 e. The number of hydrogen-bond acceptors (Lipinski definition) is 6. The van der Waals surface area contributed by atoms with Gasteiger partial charge < -0.3 is 24.3 Å². The molecule has 0 atom stereocenters. The van der Waals surface area contributed by atoms with E-state index in [1.807, 2.05) is 27.7 Å². The van der Waals surface area contributed by atoms with Gasteiger partial charge in [-0.1, -0.05) is 27.7 Å². The first-order valence-corrected chi connectivity index (χ1v) is 9.03. The fourth-order valence-electron chi connectivity index (χ4n) is 1.70. The molecular formula is C18H35NO6. The van der Waals surface area contributed by atoms with Crippen LogP contribution in [0.1, 0.15) is 34.1 Å². The molecule has 0 aromatic heterocycles. The molecule has 0 unspecified atom stereocenters. The van der Waals surface area contributed by atoms with E-state index in [0.717, 1.165) is 0 Å². The minimum atomic E-state index is 0.00726. The van der Waals surface area contributed by atoms with Crippen LogP contribution in [-0.2, 0) is 28.5 Å². The second-order valence-electron chi connectivity index (χ2n) is 6.46. The summed E-state index contributed by atoms with van der Waals surface area (Å²) in [5.41, 5.74) is 0. The molecule has 0 aliphatic heterocycles. The third-order valence-electron chi connectivity index (χ3n) is 3.17. The molecule has 0 radical (unpaired) electrons. The highest BCUT2D eigenvalue weighted by atomic mass is 16.6. The van der Waals surface area contributed by atoms with Gasteiger partial charge in [0.1, 0.15) is 6.61 Å². The van der Waals surface area contributed by atoms with Gasteiger partial charge in [-0.05, 0) is 5.92 Å². The summed E-state index contributed by atoms with van der Waals surface area (Å²) in [6, 6.07) is 0. The summed E-state index contributed by atoms with van der Waals surface area (Å²) in [6.07, 6.45) is 0.544. The zero-order chi connectivity index (χ0) is 18.9. The van der Waals surface area contributed by atoms with Crippen LogP contribution in [0.15, 0.2) is 0 Å². The Labute approximate surface area is 151 Å². The van der Waals surface area contributed by atoms with Crippen LogP contribution >= 0.6 is 0 Å². The van der Waals surface area contributed by atoms with Crippen molar-refractivity contribution >= 4 is 11.7 Å². The molecule has 7 nitrogen and oxygen atoms in total. The van der Waals surface area contributed by atoms with E-state index in [2.05, 4.69) is 5.32 Å². The summed E-state index contributed by atoms with van der Waals surface area (Å²) in [4.78, 5) is 22.7. The van der Waals surface area contributed by atoms with Crippen molar-refractivity contribution < 1.29 is 28.5 Å². The number of carbonyl (C=O) groups excluding carboxylic acids is 2. The molecule has 148 valence electrons. The highest BCUT2D eigenvalue weighted by Gasteiger charge is 2.06. The van der Waals surface area contributed by atoms with E-state index in [-0.39, 0.29) is 24.2 Å². The number of amides is 1. The topological polar surface area (TPSA) is 83.1 Å². The first kappa shape index (κ1) is 24.0. The van der Waals surface area contributed by atoms with Crippen LogP contribution in [0.2, 0.25) is 0 Å². The Morgan fingerprint density at radius 3 is 1.72 bits per heavy atom. The normalized spacial score (nSPS) is 11.3. The van der Waals surface area contributed by atoms with Crippen LogP contribution in [0, 0.1) is 11.8 Å². The number of carbonyl (C=O) groups is 2.